The molecule has 1 aromatic heterocycles. The van der Waals surface area contributed by atoms with Gasteiger partial charge in [-0.25, -0.2) is 9.20 Å². The maximum absolute atomic E-state index is 13.6. The van der Waals surface area contributed by atoms with E-state index in [0.717, 1.165) is 27.7 Å². The van der Waals surface area contributed by atoms with Crippen LogP contribution in [-0.2, 0) is 9.71 Å². The van der Waals surface area contributed by atoms with Crippen molar-refractivity contribution in [3.8, 4) is 0 Å². The van der Waals surface area contributed by atoms with Crippen LogP contribution in [0.15, 0.2) is 57.8 Å². The minimum atomic E-state index is -2.62. The molecule has 3 rings (SSSR count). The normalized spacial score (nSPS) is 18.4. The molecule has 2 N–H and O–H groups in total. The number of aliphatic hydroxyl groups is 1. The van der Waals surface area contributed by atoms with Gasteiger partial charge in [-0.15, -0.1) is 11.3 Å². The van der Waals surface area contributed by atoms with Crippen molar-refractivity contribution in [2.24, 2.45) is 4.99 Å². The summed E-state index contributed by atoms with van der Waals surface area (Å²) in [5, 5.41) is 13.1. The number of hydrogen-bond acceptors (Lipinski definition) is 5. The number of hydrogen-bond donors (Lipinski definition) is 2. The molecule has 1 fully saturated rings. The molecule has 174 valence electrons. The highest BCUT2D eigenvalue weighted by molar-refractivity contribution is 8.03. The molecule has 1 aromatic carbocycles. The van der Waals surface area contributed by atoms with Crippen LogP contribution in [0.1, 0.15) is 63.2 Å². The van der Waals surface area contributed by atoms with E-state index >= 15 is 0 Å². The number of allylic oxidation sites excluding steroid dienone is 2. The number of anilines is 2. The molecule has 0 aliphatic heterocycles. The Kier molecular flexibility index (Phi) is 8.57. The van der Waals surface area contributed by atoms with E-state index in [2.05, 4.69) is 29.2 Å². The van der Waals surface area contributed by atoms with Gasteiger partial charge in [-0.2, -0.15) is 0 Å². The molecule has 1 aliphatic carbocycles. The Hall–Kier alpha value is -2.09. The Labute approximate surface area is 197 Å². The first kappa shape index (κ1) is 24.6. The monoisotopic (exact) mass is 473 g/mol. The second-order valence-electron chi connectivity index (χ2n) is 8.28. The molecule has 1 aliphatic rings. The largest absolute Gasteiger partial charge is 0.355 e. The summed E-state index contributed by atoms with van der Waals surface area (Å²) in [4.78, 5) is 5.53. The topological polar surface area (TPSA) is 64.9 Å². The van der Waals surface area contributed by atoms with Gasteiger partial charge in [-0.1, -0.05) is 32.3 Å². The Morgan fingerprint density at radius 1 is 1.28 bits per heavy atom. The molecular weight excluding hydrogens is 438 g/mol. The number of nitrogens with zero attached hydrogens (tertiary/aromatic N) is 2. The molecule has 0 amide bonds. The van der Waals surface area contributed by atoms with Gasteiger partial charge < -0.3 is 10.4 Å². The lowest BCUT2D eigenvalue weighted by Crippen LogP contribution is -2.25. The lowest BCUT2D eigenvalue weighted by Gasteiger charge is -2.24. The van der Waals surface area contributed by atoms with Crippen molar-refractivity contribution in [3.63, 3.8) is 0 Å². The Morgan fingerprint density at radius 3 is 2.62 bits per heavy atom. The van der Waals surface area contributed by atoms with E-state index in [4.69, 9.17) is 0 Å². The van der Waals surface area contributed by atoms with Crippen LogP contribution in [0.5, 0.6) is 0 Å². The van der Waals surface area contributed by atoms with E-state index < -0.39 is 16.1 Å². The fraction of sp³-hybridized carbons (Fsp3) is 0.440. The van der Waals surface area contributed by atoms with Crippen LogP contribution in [0.2, 0.25) is 0 Å². The van der Waals surface area contributed by atoms with E-state index in [1.807, 2.05) is 56.5 Å². The van der Waals surface area contributed by atoms with Gasteiger partial charge in [0.25, 0.3) is 0 Å². The lowest BCUT2D eigenvalue weighted by molar-refractivity contribution is 0.214. The van der Waals surface area contributed by atoms with Gasteiger partial charge in [0.2, 0.25) is 6.35 Å². The number of thiophene rings is 1. The van der Waals surface area contributed by atoms with Crippen molar-refractivity contribution in [2.45, 2.75) is 68.9 Å². The van der Waals surface area contributed by atoms with Gasteiger partial charge in [0.05, 0.1) is 9.71 Å². The van der Waals surface area contributed by atoms with E-state index in [9.17, 15) is 9.32 Å². The maximum atomic E-state index is 13.6. The zero-order valence-electron chi connectivity index (χ0n) is 19.3. The number of aliphatic hydroxyl groups excluding tert-OH is 1. The van der Waals surface area contributed by atoms with Crippen LogP contribution in [0, 0.1) is 0 Å². The second-order valence-corrected chi connectivity index (χ2v) is 11.9. The van der Waals surface area contributed by atoms with Crippen molar-refractivity contribution < 1.29 is 9.32 Å². The molecule has 7 heteroatoms. The predicted octanol–water partition coefficient (Wildman–Crippen LogP) is 6.04. The molecule has 1 saturated carbocycles. The van der Waals surface area contributed by atoms with Gasteiger partial charge in [-0.3, -0.25) is 4.31 Å². The summed E-state index contributed by atoms with van der Waals surface area (Å²) < 4.78 is 16.2. The standard InChI is InChI=1S/C25H35N3O2S2/c1-5-6-10-19(2)26-25(29)27-21-13-15-22(16-14-21)28(3)32(4,30)24-18-17-23(31-24)20-11-8-7-9-12-20/h6,10,13-18,20,25,27,29H,4-5,7-9,11-12H2,1-3H3/b10-6-,26-19?. The average molecular weight is 474 g/mol. The van der Waals surface area contributed by atoms with Gasteiger partial charge in [0, 0.05) is 29.0 Å². The molecule has 0 bridgehead atoms. The minimum absolute atomic E-state index is 0.601. The summed E-state index contributed by atoms with van der Waals surface area (Å²) in [5.74, 6) is 4.69. The number of aliphatic imine (C=N–C) groups is 1. The Bertz CT molecular complexity index is 1030. The summed E-state index contributed by atoms with van der Waals surface area (Å²) >= 11 is 1.65. The minimum Gasteiger partial charge on any atom is -0.355 e. The van der Waals surface area contributed by atoms with Crippen LogP contribution in [0.4, 0.5) is 11.4 Å². The smallest absolute Gasteiger partial charge is 0.223 e. The fourth-order valence-electron chi connectivity index (χ4n) is 3.89. The Morgan fingerprint density at radius 2 is 1.97 bits per heavy atom. The predicted molar refractivity (Wildman–Crippen MR) is 141 cm³/mol. The van der Waals surface area contributed by atoms with E-state index in [1.165, 1.54) is 37.0 Å². The van der Waals surface area contributed by atoms with Crippen LogP contribution >= 0.6 is 11.3 Å². The van der Waals surface area contributed by atoms with E-state index in [-0.39, 0.29) is 0 Å². The summed E-state index contributed by atoms with van der Waals surface area (Å²) in [5.41, 5.74) is 2.30. The lowest BCUT2D eigenvalue weighted by atomic mass is 9.88. The molecule has 32 heavy (non-hydrogen) atoms. The van der Waals surface area contributed by atoms with Crippen molar-refractivity contribution in [2.75, 3.05) is 16.7 Å². The highest BCUT2D eigenvalue weighted by Gasteiger charge is 2.22. The van der Waals surface area contributed by atoms with Crippen LogP contribution in [-0.4, -0.2) is 34.3 Å². The first-order valence-corrected chi connectivity index (χ1v) is 13.8. The molecule has 5 nitrogen and oxygen atoms in total. The Balaban J connectivity index is 1.67. The van der Waals surface area contributed by atoms with Crippen LogP contribution in [0.3, 0.4) is 0 Å². The highest BCUT2D eigenvalue weighted by atomic mass is 32.2. The number of rotatable bonds is 9. The molecule has 2 aromatic rings. The highest BCUT2D eigenvalue weighted by Crippen LogP contribution is 2.38. The molecule has 1 heterocycles. The van der Waals surface area contributed by atoms with Gasteiger partial charge in [0.1, 0.15) is 4.21 Å². The first-order chi connectivity index (χ1) is 15.3. The molecule has 2 atom stereocenters. The SMILES string of the molecule is C=S(=O)(c1ccc(C2CCCCC2)s1)N(C)c1ccc(NC(O)N=C(C)/C=C\CC)cc1. The zero-order chi connectivity index (χ0) is 23.1. The number of nitrogens with one attached hydrogen (secondary N) is 1. The molecule has 2 unspecified atom stereocenters. The third kappa shape index (κ3) is 6.24. The average Bonchev–Trinajstić information content (AvgIpc) is 3.29. The maximum Gasteiger partial charge on any atom is 0.223 e. The molecular formula is C25H35N3O2S2. The van der Waals surface area contributed by atoms with Gasteiger partial charge >= 0.3 is 0 Å². The second kappa shape index (κ2) is 11.2. The van der Waals surface area contributed by atoms with Gasteiger partial charge in [-0.05, 0) is 80.4 Å². The summed E-state index contributed by atoms with van der Waals surface area (Å²) in [6.07, 6.45) is 10.1. The zero-order valence-corrected chi connectivity index (χ0v) is 20.9. The third-order valence-corrected chi connectivity index (χ3v) is 9.75. The first-order valence-electron chi connectivity index (χ1n) is 11.3. The van der Waals surface area contributed by atoms with Crippen molar-refractivity contribution in [3.05, 3.63) is 53.4 Å². The van der Waals surface area contributed by atoms with Crippen molar-refractivity contribution in [1.82, 2.24) is 0 Å². The summed E-state index contributed by atoms with van der Waals surface area (Å²) in [6.45, 7) is 3.90. The van der Waals surface area contributed by atoms with Crippen molar-refractivity contribution in [1.29, 1.82) is 0 Å². The molecule has 0 saturated heterocycles. The van der Waals surface area contributed by atoms with Crippen molar-refractivity contribution >= 4 is 44.0 Å². The van der Waals surface area contributed by atoms with Crippen LogP contribution < -0.4 is 9.62 Å². The summed E-state index contributed by atoms with van der Waals surface area (Å²) in [6, 6.07) is 11.6. The molecule has 0 spiro atoms. The molecule has 0 radical (unpaired) electrons. The van der Waals surface area contributed by atoms with Gasteiger partial charge in [0.15, 0.2) is 0 Å². The quantitative estimate of drug-likeness (QED) is 0.265. The van der Waals surface area contributed by atoms with E-state index in [0.29, 0.717) is 5.92 Å². The van der Waals surface area contributed by atoms with E-state index in [1.54, 1.807) is 15.6 Å². The third-order valence-electron chi connectivity index (χ3n) is 5.81. The number of benzene rings is 1. The van der Waals surface area contributed by atoms with Crippen LogP contribution in [0.25, 0.3) is 0 Å². The fourth-order valence-corrected chi connectivity index (χ4v) is 6.96. The summed E-state index contributed by atoms with van der Waals surface area (Å²) in [7, 11) is -0.798.